The van der Waals surface area contributed by atoms with Crippen LogP contribution in [0.15, 0.2) is 48.5 Å². The molecule has 0 nitrogen and oxygen atoms in total. The van der Waals surface area contributed by atoms with Crippen molar-refractivity contribution in [2.24, 2.45) is 5.92 Å². The molecule has 2 aromatic carbocycles. The van der Waals surface area contributed by atoms with E-state index in [-0.39, 0.29) is 0 Å². The minimum Gasteiger partial charge on any atom is -0.0654 e. The van der Waals surface area contributed by atoms with E-state index in [9.17, 15) is 0 Å². The number of rotatable bonds is 10. The van der Waals surface area contributed by atoms with Crippen LogP contribution in [0.25, 0.3) is 0 Å². The molecule has 1 aliphatic carbocycles. The molecule has 3 rings (SSSR count). The number of hydrogen-bond donors (Lipinski definition) is 0. The van der Waals surface area contributed by atoms with Gasteiger partial charge in [0, 0.05) is 0 Å². The maximum atomic E-state index is 2.42. The predicted molar refractivity (Wildman–Crippen MR) is 123 cm³/mol. The van der Waals surface area contributed by atoms with Gasteiger partial charge >= 0.3 is 0 Å². The molecule has 0 heteroatoms. The van der Waals surface area contributed by atoms with Gasteiger partial charge in [0.25, 0.3) is 0 Å². The fourth-order valence-electron chi connectivity index (χ4n) is 4.87. The maximum absolute atomic E-state index is 2.42. The molecule has 2 aromatic rings. The molecule has 0 N–H and O–H groups in total. The predicted octanol–water partition coefficient (Wildman–Crippen LogP) is 8.28. The van der Waals surface area contributed by atoms with Gasteiger partial charge < -0.3 is 0 Å². The quantitative estimate of drug-likeness (QED) is 0.366. The van der Waals surface area contributed by atoms with Crippen LogP contribution in [0.2, 0.25) is 0 Å². The Hall–Kier alpha value is -1.56. The van der Waals surface area contributed by atoms with Gasteiger partial charge in [-0.05, 0) is 79.0 Å². The third-order valence-corrected chi connectivity index (χ3v) is 6.78. The van der Waals surface area contributed by atoms with Gasteiger partial charge in [-0.25, -0.2) is 0 Å². The van der Waals surface area contributed by atoms with Crippen LogP contribution in [0.5, 0.6) is 0 Å². The minimum absolute atomic E-state index is 0.808. The van der Waals surface area contributed by atoms with Gasteiger partial charge in [0.1, 0.15) is 0 Å². The summed E-state index contributed by atoms with van der Waals surface area (Å²) in [5.41, 5.74) is 6.00. The summed E-state index contributed by atoms with van der Waals surface area (Å²) in [5, 5.41) is 0. The third-order valence-electron chi connectivity index (χ3n) is 6.78. The molecule has 0 bridgehead atoms. The average Bonchev–Trinajstić information content (AvgIpc) is 2.75. The largest absolute Gasteiger partial charge is 0.0654 e. The molecule has 0 amide bonds. The lowest BCUT2D eigenvalue weighted by atomic mass is 9.77. The lowest BCUT2D eigenvalue weighted by Gasteiger charge is -2.29. The first-order chi connectivity index (χ1) is 13.8. The van der Waals surface area contributed by atoms with Crippen molar-refractivity contribution in [1.82, 2.24) is 0 Å². The van der Waals surface area contributed by atoms with Crippen LogP contribution in [0, 0.1) is 5.92 Å². The van der Waals surface area contributed by atoms with Crippen LogP contribution in [0.3, 0.4) is 0 Å². The highest BCUT2D eigenvalue weighted by Crippen LogP contribution is 2.37. The zero-order valence-corrected chi connectivity index (χ0v) is 18.3. The number of aryl methyl sites for hydroxylation is 3. The van der Waals surface area contributed by atoms with Crippen LogP contribution in [-0.2, 0) is 19.3 Å². The van der Waals surface area contributed by atoms with Crippen LogP contribution in [0.1, 0.15) is 99.8 Å². The minimum atomic E-state index is 0.808. The average molecular weight is 377 g/mol. The van der Waals surface area contributed by atoms with Crippen molar-refractivity contribution < 1.29 is 0 Å². The Morgan fingerprint density at radius 3 is 1.68 bits per heavy atom. The zero-order valence-electron chi connectivity index (χ0n) is 18.3. The Balaban J connectivity index is 1.43. The molecule has 0 aliphatic heterocycles. The second-order valence-electron chi connectivity index (χ2n) is 9.02. The highest BCUT2D eigenvalue weighted by Gasteiger charge is 2.21. The van der Waals surface area contributed by atoms with E-state index in [1.165, 1.54) is 80.9 Å². The van der Waals surface area contributed by atoms with Crippen molar-refractivity contribution in [2.45, 2.75) is 96.8 Å². The highest BCUT2D eigenvalue weighted by atomic mass is 14.3. The topological polar surface area (TPSA) is 0 Å². The zero-order chi connectivity index (χ0) is 19.6. The van der Waals surface area contributed by atoms with E-state index >= 15 is 0 Å². The Bertz CT molecular complexity index is 656. The van der Waals surface area contributed by atoms with Gasteiger partial charge in [-0.1, -0.05) is 94.5 Å². The smallest absolute Gasteiger partial charge is 0.0162 e. The molecule has 28 heavy (non-hydrogen) atoms. The van der Waals surface area contributed by atoms with Gasteiger partial charge in [0.2, 0.25) is 0 Å². The summed E-state index contributed by atoms with van der Waals surface area (Å²) < 4.78 is 0. The first-order valence-corrected chi connectivity index (χ1v) is 11.9. The van der Waals surface area contributed by atoms with Crippen LogP contribution < -0.4 is 0 Å². The van der Waals surface area contributed by atoms with Gasteiger partial charge in [0.05, 0.1) is 0 Å². The summed E-state index contributed by atoms with van der Waals surface area (Å²) in [5.74, 6) is 1.81. The summed E-state index contributed by atoms with van der Waals surface area (Å²) in [6.45, 7) is 4.56. The van der Waals surface area contributed by atoms with E-state index in [0.29, 0.717) is 0 Å². The van der Waals surface area contributed by atoms with Crippen molar-refractivity contribution in [3.63, 3.8) is 0 Å². The molecule has 0 atom stereocenters. The molecular formula is C28H40. The van der Waals surface area contributed by atoms with Crippen LogP contribution >= 0.6 is 0 Å². The van der Waals surface area contributed by atoms with E-state index in [2.05, 4.69) is 62.4 Å². The Labute approximate surface area is 173 Å². The molecule has 0 heterocycles. The Morgan fingerprint density at radius 2 is 1.14 bits per heavy atom. The molecule has 1 saturated carbocycles. The second kappa shape index (κ2) is 11.4. The molecule has 0 unspecified atom stereocenters. The van der Waals surface area contributed by atoms with Crippen molar-refractivity contribution in [3.05, 3.63) is 70.8 Å². The van der Waals surface area contributed by atoms with Crippen LogP contribution in [-0.4, -0.2) is 0 Å². The molecule has 0 spiro atoms. The molecule has 0 saturated heterocycles. The van der Waals surface area contributed by atoms with E-state index in [1.54, 1.807) is 5.56 Å². The summed E-state index contributed by atoms with van der Waals surface area (Å²) in [4.78, 5) is 0. The Kier molecular flexibility index (Phi) is 8.65. The second-order valence-corrected chi connectivity index (χ2v) is 9.02. The van der Waals surface area contributed by atoms with Gasteiger partial charge in [-0.3, -0.25) is 0 Å². The first-order valence-electron chi connectivity index (χ1n) is 11.9. The van der Waals surface area contributed by atoms with Crippen LogP contribution in [0.4, 0.5) is 0 Å². The van der Waals surface area contributed by atoms with E-state index in [1.807, 2.05) is 0 Å². The van der Waals surface area contributed by atoms with Crippen molar-refractivity contribution >= 4 is 0 Å². The summed E-state index contributed by atoms with van der Waals surface area (Å²) in [6.07, 6.45) is 16.1. The molecule has 1 fully saturated rings. The standard InChI is InChI=1S/C28H40/c1-3-5-6-8-24-15-19-27(20-16-24)28-21-17-26(18-22-28)14-13-25-11-9-23(7-4-2)10-12-25/h9-12,17-18,21-22,24,27H,3-8,13-16,19-20H2,1-2H3/t24-,27-. The first kappa shape index (κ1) is 21.2. The third kappa shape index (κ3) is 6.50. The summed E-state index contributed by atoms with van der Waals surface area (Å²) in [7, 11) is 0. The SMILES string of the molecule is CCCCC[C@H]1CC[C@H](c2ccc(CCc3ccc(CCC)cc3)cc2)CC1. The van der Waals surface area contributed by atoms with Gasteiger partial charge in [-0.15, -0.1) is 0 Å². The van der Waals surface area contributed by atoms with Crippen molar-refractivity contribution in [1.29, 1.82) is 0 Å². The van der Waals surface area contributed by atoms with Gasteiger partial charge in [0.15, 0.2) is 0 Å². The number of hydrogen-bond acceptors (Lipinski definition) is 0. The molecule has 0 aromatic heterocycles. The number of benzene rings is 2. The Morgan fingerprint density at radius 1 is 0.607 bits per heavy atom. The summed E-state index contributed by atoms with van der Waals surface area (Å²) in [6, 6.07) is 18.9. The molecule has 0 radical (unpaired) electrons. The molecular weight excluding hydrogens is 336 g/mol. The fraction of sp³-hybridized carbons (Fsp3) is 0.571. The fourth-order valence-corrected chi connectivity index (χ4v) is 4.87. The van der Waals surface area contributed by atoms with E-state index < -0.39 is 0 Å². The number of unbranched alkanes of at least 4 members (excludes halogenated alkanes) is 2. The van der Waals surface area contributed by atoms with Gasteiger partial charge in [-0.2, -0.15) is 0 Å². The monoisotopic (exact) mass is 376 g/mol. The normalized spacial score (nSPS) is 19.6. The lowest BCUT2D eigenvalue weighted by Crippen LogP contribution is -2.13. The van der Waals surface area contributed by atoms with E-state index in [4.69, 9.17) is 0 Å². The summed E-state index contributed by atoms with van der Waals surface area (Å²) >= 11 is 0. The molecule has 152 valence electrons. The lowest BCUT2D eigenvalue weighted by molar-refractivity contribution is 0.303. The highest BCUT2D eigenvalue weighted by molar-refractivity contribution is 5.28. The maximum Gasteiger partial charge on any atom is -0.0162 e. The molecule has 1 aliphatic rings. The van der Waals surface area contributed by atoms with E-state index in [0.717, 1.165) is 24.7 Å². The van der Waals surface area contributed by atoms with Crippen molar-refractivity contribution in [3.8, 4) is 0 Å². The van der Waals surface area contributed by atoms with Crippen molar-refractivity contribution in [2.75, 3.05) is 0 Å².